The third-order valence-electron chi connectivity index (χ3n) is 6.80. The van der Waals surface area contributed by atoms with E-state index in [0.29, 0.717) is 12.8 Å². The Morgan fingerprint density at radius 3 is 1.83 bits per heavy atom. The lowest BCUT2D eigenvalue weighted by Crippen LogP contribution is -2.57. The fourth-order valence-electron chi connectivity index (χ4n) is 4.23. The van der Waals surface area contributed by atoms with Crippen molar-refractivity contribution in [2.75, 3.05) is 19.7 Å². The molecule has 0 fully saturated rings. The van der Waals surface area contributed by atoms with Gasteiger partial charge >= 0.3 is 5.97 Å². The minimum Gasteiger partial charge on any atom is -0.480 e. The molecule has 19 nitrogen and oxygen atoms in total. The van der Waals surface area contributed by atoms with Gasteiger partial charge in [-0.3, -0.25) is 33.6 Å². The Morgan fingerprint density at radius 2 is 1.29 bits per heavy atom. The summed E-state index contributed by atoms with van der Waals surface area (Å²) in [6, 6.07) is 1.80. The maximum atomic E-state index is 13.2. The molecule has 0 aromatic heterocycles. The largest absolute Gasteiger partial charge is 0.480 e. The van der Waals surface area contributed by atoms with Gasteiger partial charge in [0.15, 0.2) is 0 Å². The maximum Gasteiger partial charge on any atom is 0.328 e. The topological polar surface area (TPSA) is 341 Å². The van der Waals surface area contributed by atoms with E-state index < -0.39 is 97.1 Å². The van der Waals surface area contributed by atoms with Crippen molar-refractivity contribution in [1.29, 1.82) is 0 Å². The SMILES string of the molecule is NCCCCC(NC(=O)CNC(=O)C(CC(N)=O)NC(=O)C(CCC(N)=O)NC(=O)C(N)Cc1ccccc1)C(=O)NC(CO)C(=O)O. The van der Waals surface area contributed by atoms with Crippen LogP contribution in [0.25, 0.3) is 0 Å². The van der Waals surface area contributed by atoms with E-state index in [2.05, 4.69) is 26.6 Å². The molecule has 5 atom stereocenters. The molecule has 0 aliphatic rings. The number of aliphatic carboxylic acids is 1. The number of carboxylic acid groups (broad SMARTS) is 1. The Bertz CT molecular complexity index is 1280. The first-order valence-electron chi connectivity index (χ1n) is 15.1. The van der Waals surface area contributed by atoms with Crippen molar-refractivity contribution in [1.82, 2.24) is 26.6 Å². The van der Waals surface area contributed by atoms with Crippen LogP contribution < -0.4 is 49.5 Å². The van der Waals surface area contributed by atoms with Crippen LogP contribution >= 0.6 is 0 Å². The van der Waals surface area contributed by atoms with E-state index in [1.807, 2.05) is 0 Å². The molecule has 19 heteroatoms. The van der Waals surface area contributed by atoms with E-state index in [1.165, 1.54) is 0 Å². The van der Waals surface area contributed by atoms with Crippen LogP contribution in [-0.2, 0) is 44.8 Å². The third kappa shape index (κ3) is 15.9. The molecular weight excluding hydrogens is 634 g/mol. The van der Waals surface area contributed by atoms with Crippen molar-refractivity contribution in [2.24, 2.45) is 22.9 Å². The van der Waals surface area contributed by atoms with Crippen molar-refractivity contribution in [3.63, 3.8) is 0 Å². The summed E-state index contributed by atoms with van der Waals surface area (Å²) < 4.78 is 0. The summed E-state index contributed by atoms with van der Waals surface area (Å²) in [5, 5.41) is 29.7. The van der Waals surface area contributed by atoms with Gasteiger partial charge < -0.3 is 59.7 Å². The Labute approximate surface area is 276 Å². The van der Waals surface area contributed by atoms with Crippen LogP contribution in [0.2, 0.25) is 0 Å². The molecule has 7 amide bonds. The highest BCUT2D eigenvalue weighted by Gasteiger charge is 2.30. The third-order valence-corrected chi connectivity index (χ3v) is 6.80. The fraction of sp³-hybridized carbons (Fsp3) is 0.517. The number of primary amides is 2. The number of hydrogen-bond donors (Lipinski definition) is 11. The number of nitrogens with two attached hydrogens (primary N) is 4. The number of aliphatic hydroxyl groups excluding tert-OH is 1. The van der Waals surface area contributed by atoms with Gasteiger partial charge in [-0.05, 0) is 44.2 Å². The zero-order chi connectivity index (χ0) is 36.2. The summed E-state index contributed by atoms with van der Waals surface area (Å²) in [5.41, 5.74) is 22.7. The summed E-state index contributed by atoms with van der Waals surface area (Å²) >= 11 is 0. The first-order chi connectivity index (χ1) is 22.7. The Morgan fingerprint density at radius 1 is 0.708 bits per heavy atom. The molecule has 1 rings (SSSR count). The number of nitrogens with one attached hydrogen (secondary N) is 5. The number of rotatable bonds is 23. The molecule has 0 heterocycles. The van der Waals surface area contributed by atoms with Crippen LogP contribution in [-0.4, -0.2) is 107 Å². The highest BCUT2D eigenvalue weighted by Crippen LogP contribution is 2.06. The van der Waals surface area contributed by atoms with Gasteiger partial charge in [-0.25, -0.2) is 4.79 Å². The van der Waals surface area contributed by atoms with Gasteiger partial charge in [-0.1, -0.05) is 30.3 Å². The Kier molecular flexibility index (Phi) is 18.4. The van der Waals surface area contributed by atoms with Crippen molar-refractivity contribution in [2.45, 2.75) is 75.2 Å². The van der Waals surface area contributed by atoms with Gasteiger partial charge in [0.05, 0.1) is 25.6 Å². The highest BCUT2D eigenvalue weighted by atomic mass is 16.4. The first-order valence-corrected chi connectivity index (χ1v) is 15.1. The second-order valence-electron chi connectivity index (χ2n) is 10.8. The molecule has 0 radical (unpaired) electrons. The number of carbonyl (C=O) groups excluding carboxylic acids is 7. The maximum absolute atomic E-state index is 13.2. The van der Waals surface area contributed by atoms with E-state index in [0.717, 1.165) is 5.56 Å². The zero-order valence-corrected chi connectivity index (χ0v) is 26.3. The number of unbranched alkanes of at least 4 members (excludes halogenated alkanes) is 1. The quantitative estimate of drug-likeness (QED) is 0.0484. The lowest BCUT2D eigenvalue weighted by molar-refractivity contribution is -0.143. The van der Waals surface area contributed by atoms with E-state index in [4.69, 9.17) is 28.0 Å². The van der Waals surface area contributed by atoms with Crippen LogP contribution in [0.4, 0.5) is 0 Å². The van der Waals surface area contributed by atoms with Crippen molar-refractivity contribution in [3.05, 3.63) is 35.9 Å². The Hall–Kier alpha value is -5.14. The van der Waals surface area contributed by atoms with E-state index in [9.17, 15) is 43.5 Å². The summed E-state index contributed by atoms with van der Waals surface area (Å²) in [7, 11) is 0. The van der Waals surface area contributed by atoms with Gasteiger partial charge in [0.1, 0.15) is 24.2 Å². The summed E-state index contributed by atoms with van der Waals surface area (Å²) in [4.78, 5) is 98.5. The van der Waals surface area contributed by atoms with Crippen LogP contribution in [0.1, 0.15) is 44.1 Å². The van der Waals surface area contributed by atoms with Crippen LogP contribution in [0.15, 0.2) is 30.3 Å². The lowest BCUT2D eigenvalue weighted by Gasteiger charge is -2.24. The second-order valence-corrected chi connectivity index (χ2v) is 10.8. The minimum absolute atomic E-state index is 0.0499. The molecule has 1 aromatic carbocycles. The predicted octanol–water partition coefficient (Wildman–Crippen LogP) is -5.04. The van der Waals surface area contributed by atoms with E-state index >= 15 is 0 Å². The highest BCUT2D eigenvalue weighted by molar-refractivity contribution is 5.97. The molecule has 48 heavy (non-hydrogen) atoms. The number of aliphatic hydroxyl groups is 1. The number of carboxylic acids is 1. The van der Waals surface area contributed by atoms with Gasteiger partial charge in [0.2, 0.25) is 41.4 Å². The van der Waals surface area contributed by atoms with E-state index in [-0.39, 0.29) is 32.2 Å². The van der Waals surface area contributed by atoms with Crippen molar-refractivity contribution >= 4 is 47.3 Å². The summed E-state index contributed by atoms with van der Waals surface area (Å²) in [6.07, 6.45) is -0.292. The standard InChI is InChI=1S/C29H45N9O10/c30-11-5-4-8-18(27(45)38-21(15-39)29(47)48)35-24(42)14-34-26(44)20(13-23(33)41)37-28(46)19(9-10-22(32)40)36-25(43)17(31)12-16-6-2-1-3-7-16/h1-3,6-7,17-21,39H,4-5,8-15,30-31H2,(H2,32,40)(H2,33,41)(H,34,44)(H,35,42)(H,36,43)(H,37,46)(H,38,45)(H,47,48). The van der Waals surface area contributed by atoms with Crippen LogP contribution in [0.5, 0.6) is 0 Å². The average molecular weight is 680 g/mol. The van der Waals surface area contributed by atoms with Gasteiger partial charge in [0, 0.05) is 6.42 Å². The normalized spacial score (nSPS) is 13.8. The number of benzene rings is 1. The average Bonchev–Trinajstić information content (AvgIpc) is 3.03. The Balaban J connectivity index is 2.96. The second kappa shape index (κ2) is 21.6. The molecule has 15 N–H and O–H groups in total. The molecule has 0 spiro atoms. The first kappa shape index (κ1) is 40.9. The number of carbonyl (C=O) groups is 8. The zero-order valence-electron chi connectivity index (χ0n) is 26.3. The van der Waals surface area contributed by atoms with Crippen LogP contribution in [0.3, 0.4) is 0 Å². The molecule has 5 unspecified atom stereocenters. The van der Waals surface area contributed by atoms with Gasteiger partial charge in [-0.15, -0.1) is 0 Å². The molecule has 0 aliphatic heterocycles. The monoisotopic (exact) mass is 679 g/mol. The molecule has 266 valence electrons. The van der Waals surface area contributed by atoms with Gasteiger partial charge in [-0.2, -0.15) is 0 Å². The van der Waals surface area contributed by atoms with E-state index in [1.54, 1.807) is 30.3 Å². The van der Waals surface area contributed by atoms with Crippen molar-refractivity contribution < 1.29 is 48.6 Å². The van der Waals surface area contributed by atoms with Crippen LogP contribution in [0, 0.1) is 0 Å². The molecular formula is C29H45N9O10. The molecule has 0 saturated carbocycles. The smallest absolute Gasteiger partial charge is 0.328 e. The lowest BCUT2D eigenvalue weighted by atomic mass is 10.0. The number of amides is 7. The fourth-order valence-corrected chi connectivity index (χ4v) is 4.23. The van der Waals surface area contributed by atoms with Gasteiger partial charge in [0.25, 0.3) is 0 Å². The summed E-state index contributed by atoms with van der Waals surface area (Å²) in [6.45, 7) is -1.36. The predicted molar refractivity (Wildman–Crippen MR) is 169 cm³/mol. The molecule has 0 aliphatic carbocycles. The number of hydrogen-bond acceptors (Lipinski definition) is 11. The summed E-state index contributed by atoms with van der Waals surface area (Å²) in [5.74, 6) is -7.83. The van der Waals surface area contributed by atoms with Crippen molar-refractivity contribution in [3.8, 4) is 0 Å². The molecule has 0 saturated heterocycles. The molecule has 0 bridgehead atoms. The molecule has 1 aromatic rings. The minimum atomic E-state index is -1.63.